The van der Waals surface area contributed by atoms with Gasteiger partial charge >= 0.3 is 0 Å². The van der Waals surface area contributed by atoms with Gasteiger partial charge in [0.2, 0.25) is 0 Å². The van der Waals surface area contributed by atoms with E-state index in [0.29, 0.717) is 0 Å². The first-order valence-electron chi connectivity index (χ1n) is 4.32. The summed E-state index contributed by atoms with van der Waals surface area (Å²) in [6, 6.07) is 0.816. The van der Waals surface area contributed by atoms with Crippen LogP contribution in [0.3, 0.4) is 0 Å². The lowest BCUT2D eigenvalue weighted by molar-refractivity contribution is 0.213. The molecule has 0 saturated carbocycles. The van der Waals surface area contributed by atoms with Crippen molar-refractivity contribution in [2.45, 2.75) is 19.3 Å². The molecule has 84 valence electrons. The highest BCUT2D eigenvalue weighted by atomic mass is 79.9. The van der Waals surface area contributed by atoms with Gasteiger partial charge in [0.1, 0.15) is 5.82 Å². The van der Waals surface area contributed by atoms with E-state index >= 15 is 0 Å². The first-order chi connectivity index (χ1) is 6.81. The Morgan fingerprint density at radius 3 is 2.40 bits per heavy atom. The minimum absolute atomic E-state index is 0.0526. The van der Waals surface area contributed by atoms with Crippen LogP contribution in [0.15, 0.2) is 10.5 Å². The lowest BCUT2D eigenvalue weighted by Crippen LogP contribution is -2.23. The van der Waals surface area contributed by atoms with Crippen molar-refractivity contribution in [3.63, 3.8) is 0 Å². The number of hydrogen-bond donors (Lipinski definition) is 3. The molecule has 0 amide bonds. The van der Waals surface area contributed by atoms with Crippen molar-refractivity contribution in [2.24, 2.45) is 0 Å². The fourth-order valence-electron chi connectivity index (χ4n) is 1.30. The molecule has 0 unspecified atom stereocenters. The molecular weight excluding hydrogens is 267 g/mol. The average Bonchev–Trinajstić information content (AvgIpc) is 2.15. The molecule has 15 heavy (non-hydrogen) atoms. The zero-order valence-corrected chi connectivity index (χ0v) is 9.97. The number of aliphatic hydroxyl groups excluding tert-OH is 1. The number of hydrogen-bond acceptors (Lipinski definition) is 3. The summed E-state index contributed by atoms with van der Waals surface area (Å²) in [5, 5.41) is 28.0. The van der Waals surface area contributed by atoms with Gasteiger partial charge in [0.05, 0.1) is 11.1 Å². The summed E-state index contributed by atoms with van der Waals surface area (Å²) in [4.78, 5) is 0. The highest BCUT2D eigenvalue weighted by Crippen LogP contribution is 2.43. The molecule has 0 atom stereocenters. The van der Waals surface area contributed by atoms with Gasteiger partial charge in [-0.3, -0.25) is 0 Å². The molecule has 3 nitrogen and oxygen atoms in total. The molecule has 5 heteroatoms. The van der Waals surface area contributed by atoms with Crippen molar-refractivity contribution in [2.75, 3.05) is 6.61 Å². The number of phenols is 2. The zero-order chi connectivity index (χ0) is 11.8. The quantitative estimate of drug-likeness (QED) is 0.728. The Balaban J connectivity index is 3.53. The van der Waals surface area contributed by atoms with Gasteiger partial charge in [-0.1, -0.05) is 13.8 Å². The van der Waals surface area contributed by atoms with Crippen LogP contribution in [0.1, 0.15) is 19.4 Å². The number of phenolic OH excluding ortho intramolecular Hbond substituents is 2. The van der Waals surface area contributed by atoms with E-state index < -0.39 is 22.7 Å². The fourth-order valence-corrected chi connectivity index (χ4v) is 2.14. The number of benzene rings is 1. The van der Waals surface area contributed by atoms with Crippen LogP contribution in [0.5, 0.6) is 11.5 Å². The first kappa shape index (κ1) is 12.3. The van der Waals surface area contributed by atoms with E-state index in [4.69, 9.17) is 5.11 Å². The van der Waals surface area contributed by atoms with Crippen molar-refractivity contribution in [1.29, 1.82) is 0 Å². The predicted molar refractivity (Wildman–Crippen MR) is 57.5 cm³/mol. The molecule has 0 saturated heterocycles. The topological polar surface area (TPSA) is 60.7 Å². The largest absolute Gasteiger partial charge is 0.504 e. The number of aromatic hydroxyl groups is 2. The molecule has 0 bridgehead atoms. The van der Waals surface area contributed by atoms with Crippen LogP contribution in [0.25, 0.3) is 0 Å². The second-order valence-electron chi connectivity index (χ2n) is 3.96. The van der Waals surface area contributed by atoms with Crippen LogP contribution in [-0.4, -0.2) is 21.9 Å². The summed E-state index contributed by atoms with van der Waals surface area (Å²) in [5.41, 5.74) is -0.690. The summed E-state index contributed by atoms with van der Waals surface area (Å²) in [5.74, 6) is -1.63. The van der Waals surface area contributed by atoms with E-state index in [1.54, 1.807) is 13.8 Å². The molecule has 1 aromatic rings. The van der Waals surface area contributed by atoms with Crippen LogP contribution in [0.4, 0.5) is 4.39 Å². The Bertz CT molecular complexity index is 364. The summed E-state index contributed by atoms with van der Waals surface area (Å²) in [7, 11) is 0. The first-order valence-corrected chi connectivity index (χ1v) is 5.12. The van der Waals surface area contributed by atoms with E-state index in [2.05, 4.69) is 15.9 Å². The van der Waals surface area contributed by atoms with Gasteiger partial charge in [-0.15, -0.1) is 0 Å². The lowest BCUT2D eigenvalue weighted by Gasteiger charge is -2.25. The van der Waals surface area contributed by atoms with Crippen LogP contribution in [0.2, 0.25) is 0 Å². The minimum atomic E-state index is -0.845. The Labute approximate surface area is 95.3 Å². The van der Waals surface area contributed by atoms with E-state index in [1.807, 2.05) is 0 Å². The average molecular weight is 279 g/mol. The monoisotopic (exact) mass is 278 g/mol. The van der Waals surface area contributed by atoms with Crippen molar-refractivity contribution < 1.29 is 19.7 Å². The van der Waals surface area contributed by atoms with Gasteiger partial charge in [0.15, 0.2) is 11.5 Å². The fraction of sp³-hybridized carbons (Fsp3) is 0.400. The van der Waals surface area contributed by atoms with Crippen LogP contribution in [-0.2, 0) is 5.41 Å². The van der Waals surface area contributed by atoms with Crippen molar-refractivity contribution >= 4 is 15.9 Å². The van der Waals surface area contributed by atoms with Crippen molar-refractivity contribution in [3.8, 4) is 11.5 Å². The number of aliphatic hydroxyl groups is 1. The molecule has 0 aromatic heterocycles. The van der Waals surface area contributed by atoms with Gasteiger partial charge in [-0.25, -0.2) is 4.39 Å². The normalized spacial score (nSPS) is 11.8. The Morgan fingerprint density at radius 1 is 1.40 bits per heavy atom. The smallest absolute Gasteiger partial charge is 0.162 e. The highest BCUT2D eigenvalue weighted by molar-refractivity contribution is 9.10. The Morgan fingerprint density at radius 2 is 1.93 bits per heavy atom. The van der Waals surface area contributed by atoms with E-state index in [-0.39, 0.29) is 16.6 Å². The standard InChI is InChI=1S/C10H12BrFO3/c1-10(2,4-13)7-8(11)5(12)3-6(14)9(7)15/h3,13-15H,4H2,1-2H3. The SMILES string of the molecule is CC(C)(CO)c1c(O)c(O)cc(F)c1Br. The molecule has 0 aliphatic heterocycles. The van der Waals surface area contributed by atoms with Crippen molar-refractivity contribution in [1.82, 2.24) is 0 Å². The van der Waals surface area contributed by atoms with Gasteiger partial charge in [-0.2, -0.15) is 0 Å². The lowest BCUT2D eigenvalue weighted by atomic mass is 9.84. The molecule has 1 rings (SSSR count). The summed E-state index contributed by atoms with van der Waals surface area (Å²) in [6.45, 7) is 2.99. The van der Waals surface area contributed by atoms with E-state index in [1.165, 1.54) is 0 Å². The predicted octanol–water partition coefficient (Wildman–Crippen LogP) is 2.27. The van der Waals surface area contributed by atoms with Crippen LogP contribution >= 0.6 is 15.9 Å². The molecule has 0 aliphatic rings. The second kappa shape index (κ2) is 3.98. The summed E-state index contributed by atoms with van der Waals surface area (Å²) in [6.07, 6.45) is 0. The Kier molecular flexibility index (Phi) is 3.25. The maximum atomic E-state index is 13.3. The summed E-state index contributed by atoms with van der Waals surface area (Å²) < 4.78 is 13.3. The molecule has 3 N–H and O–H groups in total. The van der Waals surface area contributed by atoms with Gasteiger partial charge in [0, 0.05) is 17.0 Å². The molecule has 0 spiro atoms. The highest BCUT2D eigenvalue weighted by Gasteiger charge is 2.29. The second-order valence-corrected chi connectivity index (χ2v) is 4.75. The molecule has 0 heterocycles. The van der Waals surface area contributed by atoms with E-state index in [9.17, 15) is 14.6 Å². The maximum absolute atomic E-state index is 13.3. The molecule has 0 aliphatic carbocycles. The molecule has 1 aromatic carbocycles. The zero-order valence-electron chi connectivity index (χ0n) is 8.38. The van der Waals surface area contributed by atoms with Crippen molar-refractivity contribution in [3.05, 3.63) is 21.9 Å². The van der Waals surface area contributed by atoms with Gasteiger partial charge in [-0.05, 0) is 15.9 Å². The maximum Gasteiger partial charge on any atom is 0.162 e. The van der Waals surface area contributed by atoms with Crippen LogP contribution in [0, 0.1) is 5.82 Å². The molecular formula is C10H12BrFO3. The number of rotatable bonds is 2. The van der Waals surface area contributed by atoms with Gasteiger partial charge in [0.25, 0.3) is 0 Å². The minimum Gasteiger partial charge on any atom is -0.504 e. The van der Waals surface area contributed by atoms with Gasteiger partial charge < -0.3 is 15.3 Å². The third-order valence-electron chi connectivity index (χ3n) is 2.24. The Hall–Kier alpha value is -0.810. The molecule has 0 fully saturated rings. The third-order valence-corrected chi connectivity index (χ3v) is 3.02. The van der Waals surface area contributed by atoms with E-state index in [0.717, 1.165) is 6.07 Å². The molecule has 0 radical (unpaired) electrons. The summed E-state index contributed by atoms with van der Waals surface area (Å²) >= 11 is 2.98. The third kappa shape index (κ3) is 2.08. The van der Waals surface area contributed by atoms with Crippen LogP contribution < -0.4 is 0 Å². The number of halogens is 2.